The number of hydrogen-bond donors (Lipinski definition) is 1. The molecule has 0 aromatic carbocycles. The molecular formula is C12H22N2O. The van der Waals surface area contributed by atoms with Gasteiger partial charge in [-0.1, -0.05) is 20.3 Å². The molecule has 1 N–H and O–H groups in total. The van der Waals surface area contributed by atoms with Gasteiger partial charge in [-0.15, -0.1) is 0 Å². The van der Waals surface area contributed by atoms with Crippen molar-refractivity contribution in [3.63, 3.8) is 0 Å². The Balaban J connectivity index is 1.95. The highest BCUT2D eigenvalue weighted by molar-refractivity contribution is 5.84. The molecule has 1 amide bonds. The molecular weight excluding hydrogens is 188 g/mol. The molecule has 15 heavy (non-hydrogen) atoms. The predicted octanol–water partition coefficient (Wildman–Crippen LogP) is 1.59. The second-order valence-corrected chi connectivity index (χ2v) is 5.35. The van der Waals surface area contributed by atoms with E-state index in [4.69, 9.17) is 0 Å². The van der Waals surface area contributed by atoms with Crippen LogP contribution in [0.4, 0.5) is 0 Å². The molecule has 2 atom stereocenters. The Hall–Kier alpha value is -0.570. The lowest BCUT2D eigenvalue weighted by atomic mass is 9.85. The van der Waals surface area contributed by atoms with Crippen LogP contribution >= 0.6 is 0 Å². The first-order valence-corrected chi connectivity index (χ1v) is 6.16. The summed E-state index contributed by atoms with van der Waals surface area (Å²) in [5.41, 5.74) is 0. The summed E-state index contributed by atoms with van der Waals surface area (Å²) < 4.78 is 0. The van der Waals surface area contributed by atoms with Crippen molar-refractivity contribution in [2.24, 2.45) is 11.8 Å². The van der Waals surface area contributed by atoms with Crippen LogP contribution in [0.5, 0.6) is 0 Å². The SMILES string of the molecule is CC(C)C1NC(C)N(CC2CCC2)C1=O. The Bertz CT molecular complexity index is 248. The van der Waals surface area contributed by atoms with E-state index in [1.807, 2.05) is 4.90 Å². The highest BCUT2D eigenvalue weighted by Gasteiger charge is 2.39. The molecule has 1 saturated carbocycles. The molecule has 1 heterocycles. The molecule has 0 spiro atoms. The lowest BCUT2D eigenvalue weighted by Gasteiger charge is -2.32. The normalized spacial score (nSPS) is 32.5. The van der Waals surface area contributed by atoms with Gasteiger partial charge in [0.1, 0.15) is 0 Å². The van der Waals surface area contributed by atoms with Gasteiger partial charge in [0, 0.05) is 6.54 Å². The minimum Gasteiger partial charge on any atom is -0.326 e. The van der Waals surface area contributed by atoms with Crippen LogP contribution in [0, 0.1) is 11.8 Å². The van der Waals surface area contributed by atoms with Crippen molar-refractivity contribution in [3.8, 4) is 0 Å². The second kappa shape index (κ2) is 4.12. The zero-order valence-electron chi connectivity index (χ0n) is 9.99. The first-order chi connectivity index (χ1) is 7.09. The van der Waals surface area contributed by atoms with Crippen molar-refractivity contribution in [3.05, 3.63) is 0 Å². The minimum absolute atomic E-state index is 0.0417. The van der Waals surface area contributed by atoms with Crippen LogP contribution in [0.3, 0.4) is 0 Å². The topological polar surface area (TPSA) is 32.3 Å². The summed E-state index contributed by atoms with van der Waals surface area (Å²) in [6, 6.07) is 0.0417. The maximum atomic E-state index is 12.1. The van der Waals surface area contributed by atoms with Crippen LogP contribution < -0.4 is 5.32 Å². The van der Waals surface area contributed by atoms with Gasteiger partial charge in [-0.3, -0.25) is 10.1 Å². The summed E-state index contributed by atoms with van der Waals surface area (Å²) >= 11 is 0. The van der Waals surface area contributed by atoms with E-state index in [-0.39, 0.29) is 12.2 Å². The molecule has 0 radical (unpaired) electrons. The molecule has 0 aromatic rings. The van der Waals surface area contributed by atoms with Gasteiger partial charge in [0.2, 0.25) is 5.91 Å². The lowest BCUT2D eigenvalue weighted by molar-refractivity contribution is -0.131. The van der Waals surface area contributed by atoms with Crippen molar-refractivity contribution in [2.45, 2.75) is 52.2 Å². The first-order valence-electron chi connectivity index (χ1n) is 6.16. The number of amides is 1. The van der Waals surface area contributed by atoms with Crippen LogP contribution in [-0.2, 0) is 4.79 Å². The highest BCUT2D eigenvalue weighted by Crippen LogP contribution is 2.29. The molecule has 0 aromatic heterocycles. The van der Waals surface area contributed by atoms with Gasteiger partial charge in [0.25, 0.3) is 0 Å². The number of carbonyl (C=O) groups is 1. The van der Waals surface area contributed by atoms with Crippen LogP contribution in [-0.4, -0.2) is 29.6 Å². The van der Waals surface area contributed by atoms with Crippen LogP contribution in [0.2, 0.25) is 0 Å². The number of hydrogen-bond acceptors (Lipinski definition) is 2. The van der Waals surface area contributed by atoms with Crippen LogP contribution in [0.1, 0.15) is 40.0 Å². The fourth-order valence-corrected chi connectivity index (χ4v) is 2.47. The van der Waals surface area contributed by atoms with Gasteiger partial charge in [0.15, 0.2) is 0 Å². The molecule has 2 aliphatic rings. The molecule has 86 valence electrons. The van der Waals surface area contributed by atoms with Gasteiger partial charge < -0.3 is 4.90 Å². The van der Waals surface area contributed by atoms with Gasteiger partial charge in [-0.2, -0.15) is 0 Å². The third kappa shape index (κ3) is 2.03. The van der Waals surface area contributed by atoms with Crippen molar-refractivity contribution in [2.75, 3.05) is 6.54 Å². The summed E-state index contributed by atoms with van der Waals surface area (Å²) in [6.45, 7) is 7.28. The zero-order chi connectivity index (χ0) is 11.0. The van der Waals surface area contributed by atoms with Crippen molar-refractivity contribution < 1.29 is 4.79 Å². The van der Waals surface area contributed by atoms with E-state index in [0.29, 0.717) is 11.8 Å². The van der Waals surface area contributed by atoms with E-state index in [9.17, 15) is 4.79 Å². The monoisotopic (exact) mass is 210 g/mol. The quantitative estimate of drug-likeness (QED) is 0.767. The number of rotatable bonds is 3. The average molecular weight is 210 g/mol. The summed E-state index contributed by atoms with van der Waals surface area (Å²) in [4.78, 5) is 14.1. The molecule has 3 nitrogen and oxygen atoms in total. The van der Waals surface area contributed by atoms with E-state index < -0.39 is 0 Å². The summed E-state index contributed by atoms with van der Waals surface area (Å²) in [6.07, 6.45) is 4.19. The summed E-state index contributed by atoms with van der Waals surface area (Å²) in [5, 5.41) is 3.38. The Kier molecular flexibility index (Phi) is 3.01. The molecule has 2 fully saturated rings. The largest absolute Gasteiger partial charge is 0.326 e. The Morgan fingerprint density at radius 3 is 2.53 bits per heavy atom. The average Bonchev–Trinajstić information content (AvgIpc) is 2.36. The summed E-state index contributed by atoms with van der Waals surface area (Å²) in [7, 11) is 0. The number of nitrogens with one attached hydrogen (secondary N) is 1. The number of nitrogens with zero attached hydrogens (tertiary/aromatic N) is 1. The van der Waals surface area contributed by atoms with Gasteiger partial charge in [-0.05, 0) is 31.6 Å². The van der Waals surface area contributed by atoms with Gasteiger partial charge in [0.05, 0.1) is 12.2 Å². The summed E-state index contributed by atoms with van der Waals surface area (Å²) in [5.74, 6) is 1.47. The molecule has 2 unspecified atom stereocenters. The Labute approximate surface area is 92.2 Å². The minimum atomic E-state index is 0.0417. The zero-order valence-corrected chi connectivity index (χ0v) is 9.99. The fraction of sp³-hybridized carbons (Fsp3) is 0.917. The van der Waals surface area contributed by atoms with E-state index in [1.54, 1.807) is 0 Å². The van der Waals surface area contributed by atoms with Crippen LogP contribution in [0.25, 0.3) is 0 Å². The van der Waals surface area contributed by atoms with E-state index in [2.05, 4.69) is 26.1 Å². The van der Waals surface area contributed by atoms with Crippen molar-refractivity contribution in [1.29, 1.82) is 0 Å². The van der Waals surface area contributed by atoms with E-state index in [0.717, 1.165) is 12.5 Å². The highest BCUT2D eigenvalue weighted by atomic mass is 16.2. The fourth-order valence-electron chi connectivity index (χ4n) is 2.47. The predicted molar refractivity (Wildman–Crippen MR) is 60.3 cm³/mol. The maximum absolute atomic E-state index is 12.1. The Morgan fingerprint density at radius 1 is 1.47 bits per heavy atom. The smallest absolute Gasteiger partial charge is 0.241 e. The standard InChI is InChI=1S/C12H22N2O/c1-8(2)11-12(15)14(9(3)13-11)7-10-5-4-6-10/h8-11,13H,4-7H2,1-3H3. The molecule has 0 bridgehead atoms. The maximum Gasteiger partial charge on any atom is 0.241 e. The molecule has 2 rings (SSSR count). The van der Waals surface area contributed by atoms with E-state index >= 15 is 0 Å². The number of carbonyl (C=O) groups excluding carboxylic acids is 1. The molecule has 1 aliphatic heterocycles. The van der Waals surface area contributed by atoms with Crippen molar-refractivity contribution in [1.82, 2.24) is 10.2 Å². The third-order valence-corrected chi connectivity index (χ3v) is 3.78. The Morgan fingerprint density at radius 2 is 2.13 bits per heavy atom. The van der Waals surface area contributed by atoms with Gasteiger partial charge in [-0.25, -0.2) is 0 Å². The molecule has 1 saturated heterocycles. The van der Waals surface area contributed by atoms with Gasteiger partial charge >= 0.3 is 0 Å². The third-order valence-electron chi connectivity index (χ3n) is 3.78. The van der Waals surface area contributed by atoms with Crippen LogP contribution in [0.15, 0.2) is 0 Å². The second-order valence-electron chi connectivity index (χ2n) is 5.35. The molecule has 1 aliphatic carbocycles. The van der Waals surface area contributed by atoms with Crippen molar-refractivity contribution >= 4 is 5.91 Å². The van der Waals surface area contributed by atoms with E-state index in [1.165, 1.54) is 19.3 Å². The molecule has 3 heteroatoms. The lowest BCUT2D eigenvalue weighted by Crippen LogP contribution is -2.40. The first kappa shape index (κ1) is 10.9.